The Bertz CT molecular complexity index is 510. The largest absolute Gasteiger partial charge is 0.324 e. The molecule has 1 unspecified atom stereocenters. The van der Waals surface area contributed by atoms with Crippen molar-refractivity contribution in [2.24, 2.45) is 0 Å². The van der Waals surface area contributed by atoms with Crippen LogP contribution in [0.5, 0.6) is 0 Å². The Hall–Kier alpha value is -1.06. The van der Waals surface area contributed by atoms with Gasteiger partial charge in [0, 0.05) is 5.69 Å². The summed E-state index contributed by atoms with van der Waals surface area (Å²) in [7, 11) is 0. The maximum Gasteiger partial charge on any atom is 0.244 e. The number of amides is 1. The third-order valence-corrected chi connectivity index (χ3v) is 4.76. The highest BCUT2D eigenvalue weighted by atomic mass is 35.5. The van der Waals surface area contributed by atoms with Gasteiger partial charge in [-0.2, -0.15) is 0 Å². The molecule has 2 N–H and O–H groups in total. The summed E-state index contributed by atoms with van der Waals surface area (Å²) in [5, 5.41) is 6.56. The number of anilines is 1. The minimum Gasteiger partial charge on any atom is -0.324 e. The van der Waals surface area contributed by atoms with Crippen molar-refractivity contribution in [3.8, 4) is 0 Å². The third-order valence-electron chi connectivity index (χ3n) is 4.76. The molecule has 21 heavy (non-hydrogen) atoms. The van der Waals surface area contributed by atoms with E-state index in [4.69, 9.17) is 0 Å². The molecule has 0 radical (unpaired) electrons. The van der Waals surface area contributed by atoms with Crippen LogP contribution in [0, 0.1) is 0 Å². The van der Waals surface area contributed by atoms with Gasteiger partial charge >= 0.3 is 0 Å². The van der Waals surface area contributed by atoms with Crippen LogP contribution in [0.2, 0.25) is 0 Å². The van der Waals surface area contributed by atoms with Crippen LogP contribution in [0.3, 0.4) is 0 Å². The molecule has 0 bridgehead atoms. The molecule has 4 heteroatoms. The Kier molecular flexibility index (Phi) is 5.28. The lowest BCUT2D eigenvalue weighted by Crippen LogP contribution is -2.54. The summed E-state index contributed by atoms with van der Waals surface area (Å²) in [4.78, 5) is 12.6. The lowest BCUT2D eigenvalue weighted by molar-refractivity contribution is -0.122. The van der Waals surface area contributed by atoms with Crippen molar-refractivity contribution < 1.29 is 4.79 Å². The van der Waals surface area contributed by atoms with Crippen LogP contribution >= 0.6 is 12.4 Å². The Balaban J connectivity index is 0.00000161. The van der Waals surface area contributed by atoms with Crippen molar-refractivity contribution in [1.29, 1.82) is 0 Å². The molecule has 0 aromatic heterocycles. The first-order valence-corrected chi connectivity index (χ1v) is 7.86. The molecule has 1 heterocycles. The highest BCUT2D eigenvalue weighted by molar-refractivity contribution is 5.98. The van der Waals surface area contributed by atoms with Crippen molar-refractivity contribution >= 4 is 24.0 Å². The van der Waals surface area contributed by atoms with Crippen molar-refractivity contribution in [3.05, 3.63) is 29.3 Å². The molecule has 1 aromatic carbocycles. The summed E-state index contributed by atoms with van der Waals surface area (Å²) in [6.07, 6.45) is 7.96. The quantitative estimate of drug-likeness (QED) is 0.878. The highest BCUT2D eigenvalue weighted by Crippen LogP contribution is 2.29. The molecule has 0 saturated carbocycles. The SMILES string of the molecule is CC1(C(=O)Nc2cccc3c2CCCC3)CCCCN1.Cl. The lowest BCUT2D eigenvalue weighted by atomic mass is 9.88. The standard InChI is InChI=1S/C17H24N2O.ClH/c1-17(11-4-5-12-18-17)16(20)19-15-10-6-8-13-7-2-3-9-14(13)15;/h6,8,10,18H,2-5,7,9,11-12H2,1H3,(H,19,20);1H. The molecule has 1 atom stereocenters. The van der Waals surface area contributed by atoms with Crippen LogP contribution in [0.15, 0.2) is 18.2 Å². The fourth-order valence-corrected chi connectivity index (χ4v) is 3.41. The van der Waals surface area contributed by atoms with Gasteiger partial charge in [-0.05, 0) is 75.6 Å². The fraction of sp³-hybridized carbons (Fsp3) is 0.588. The van der Waals surface area contributed by atoms with Gasteiger partial charge in [-0.3, -0.25) is 4.79 Å². The number of rotatable bonds is 2. The van der Waals surface area contributed by atoms with Crippen LogP contribution in [0.4, 0.5) is 5.69 Å². The third kappa shape index (κ3) is 3.41. The van der Waals surface area contributed by atoms with Gasteiger partial charge in [0.05, 0.1) is 5.54 Å². The second kappa shape index (κ2) is 6.80. The summed E-state index contributed by atoms with van der Waals surface area (Å²) < 4.78 is 0. The predicted octanol–water partition coefficient (Wildman–Crippen LogP) is 3.46. The van der Waals surface area contributed by atoms with E-state index in [2.05, 4.69) is 22.8 Å². The molecule has 0 spiro atoms. The molecule has 2 aliphatic rings. The molecule has 1 aliphatic heterocycles. The second-order valence-corrected chi connectivity index (χ2v) is 6.32. The van der Waals surface area contributed by atoms with Crippen molar-refractivity contribution in [3.63, 3.8) is 0 Å². The van der Waals surface area contributed by atoms with E-state index in [-0.39, 0.29) is 18.3 Å². The number of hydrogen-bond donors (Lipinski definition) is 2. The van der Waals surface area contributed by atoms with Crippen LogP contribution in [-0.2, 0) is 17.6 Å². The molecule has 1 saturated heterocycles. The van der Waals surface area contributed by atoms with Crippen LogP contribution in [0.1, 0.15) is 50.2 Å². The van der Waals surface area contributed by atoms with Gasteiger partial charge < -0.3 is 10.6 Å². The Morgan fingerprint density at radius 2 is 2.00 bits per heavy atom. The average Bonchev–Trinajstić information content (AvgIpc) is 2.48. The molecular weight excluding hydrogens is 284 g/mol. The minimum atomic E-state index is -0.407. The van der Waals surface area contributed by atoms with E-state index in [1.807, 2.05) is 13.0 Å². The monoisotopic (exact) mass is 308 g/mol. The number of carbonyl (C=O) groups is 1. The van der Waals surface area contributed by atoms with Gasteiger partial charge in [0.1, 0.15) is 0 Å². The van der Waals surface area contributed by atoms with Crippen LogP contribution < -0.4 is 10.6 Å². The molecule has 1 aliphatic carbocycles. The second-order valence-electron chi connectivity index (χ2n) is 6.32. The zero-order chi connectivity index (χ0) is 14.0. The molecule has 3 rings (SSSR count). The summed E-state index contributed by atoms with van der Waals surface area (Å²) in [5.74, 6) is 0.121. The van der Waals surface area contributed by atoms with Gasteiger partial charge in [0.2, 0.25) is 5.91 Å². The summed E-state index contributed by atoms with van der Waals surface area (Å²) >= 11 is 0. The maximum absolute atomic E-state index is 12.6. The first kappa shape index (κ1) is 16.3. The number of benzene rings is 1. The average molecular weight is 309 g/mol. The Labute approximate surface area is 133 Å². The van der Waals surface area contributed by atoms with E-state index in [1.165, 1.54) is 30.4 Å². The van der Waals surface area contributed by atoms with E-state index in [0.29, 0.717) is 0 Å². The van der Waals surface area contributed by atoms with E-state index < -0.39 is 5.54 Å². The predicted molar refractivity (Wildman–Crippen MR) is 89.2 cm³/mol. The number of fused-ring (bicyclic) bond motifs is 1. The fourth-order valence-electron chi connectivity index (χ4n) is 3.41. The van der Waals surface area contributed by atoms with Crippen molar-refractivity contribution in [2.75, 3.05) is 11.9 Å². The van der Waals surface area contributed by atoms with E-state index in [9.17, 15) is 4.79 Å². The van der Waals surface area contributed by atoms with Gasteiger partial charge in [-0.15, -0.1) is 12.4 Å². The van der Waals surface area contributed by atoms with Gasteiger partial charge in [0.25, 0.3) is 0 Å². The van der Waals surface area contributed by atoms with Crippen LogP contribution in [-0.4, -0.2) is 18.0 Å². The van der Waals surface area contributed by atoms with E-state index in [1.54, 1.807) is 0 Å². The Morgan fingerprint density at radius 3 is 2.76 bits per heavy atom. The van der Waals surface area contributed by atoms with Gasteiger partial charge in [-0.25, -0.2) is 0 Å². The van der Waals surface area contributed by atoms with Gasteiger partial charge in [0.15, 0.2) is 0 Å². The number of aryl methyl sites for hydroxylation is 1. The van der Waals surface area contributed by atoms with Crippen LogP contribution in [0.25, 0.3) is 0 Å². The topological polar surface area (TPSA) is 41.1 Å². The zero-order valence-electron chi connectivity index (χ0n) is 12.7. The molecule has 116 valence electrons. The maximum atomic E-state index is 12.6. The van der Waals surface area contributed by atoms with Gasteiger partial charge in [-0.1, -0.05) is 12.1 Å². The van der Waals surface area contributed by atoms with E-state index >= 15 is 0 Å². The van der Waals surface area contributed by atoms with Crippen molar-refractivity contribution in [2.45, 2.75) is 57.4 Å². The molecule has 3 nitrogen and oxygen atoms in total. The first-order chi connectivity index (χ1) is 9.69. The van der Waals surface area contributed by atoms with E-state index in [0.717, 1.165) is 37.9 Å². The molecule has 1 fully saturated rings. The minimum absolute atomic E-state index is 0. The number of halogens is 1. The molecule has 1 aromatic rings. The van der Waals surface area contributed by atoms with Crippen molar-refractivity contribution in [1.82, 2.24) is 5.32 Å². The highest BCUT2D eigenvalue weighted by Gasteiger charge is 2.34. The number of piperidine rings is 1. The number of nitrogens with one attached hydrogen (secondary N) is 2. The normalized spacial score (nSPS) is 24.6. The Morgan fingerprint density at radius 1 is 1.19 bits per heavy atom. The molecule has 1 amide bonds. The number of hydrogen-bond acceptors (Lipinski definition) is 2. The summed E-state index contributed by atoms with van der Waals surface area (Å²) in [5.41, 5.74) is 3.39. The molecular formula is C17H25ClN2O. The first-order valence-electron chi connectivity index (χ1n) is 7.86. The smallest absolute Gasteiger partial charge is 0.244 e. The summed E-state index contributed by atoms with van der Waals surface area (Å²) in [6, 6.07) is 6.31. The zero-order valence-corrected chi connectivity index (χ0v) is 13.5. The number of carbonyl (C=O) groups excluding carboxylic acids is 1. The summed E-state index contributed by atoms with van der Waals surface area (Å²) in [6.45, 7) is 2.97. The lowest BCUT2D eigenvalue weighted by Gasteiger charge is -2.34.